The fourth-order valence-corrected chi connectivity index (χ4v) is 5.42. The maximum absolute atomic E-state index is 12.0. The number of ether oxygens (including phenoxy) is 2. The number of hydrogen-bond donors (Lipinski definition) is 3. The fraction of sp³-hybridized carbons (Fsp3) is 0.667. The van der Waals surface area contributed by atoms with Crippen LogP contribution in [0.5, 0.6) is 0 Å². The van der Waals surface area contributed by atoms with Crippen molar-refractivity contribution in [3.63, 3.8) is 0 Å². The Morgan fingerprint density at radius 2 is 1.43 bits per heavy atom. The van der Waals surface area contributed by atoms with E-state index in [0.29, 0.717) is 68.9 Å². The summed E-state index contributed by atoms with van der Waals surface area (Å²) in [6.07, 6.45) is 12.8. The van der Waals surface area contributed by atoms with Gasteiger partial charge in [0.1, 0.15) is 0 Å². The number of anilines is 3. The number of rotatable bonds is 16. The number of amides is 1. The Balaban J connectivity index is 1.16. The molecule has 0 radical (unpaired) electrons. The summed E-state index contributed by atoms with van der Waals surface area (Å²) in [6, 6.07) is 9.65. The summed E-state index contributed by atoms with van der Waals surface area (Å²) in [5.74, 6) is 2.55. The van der Waals surface area contributed by atoms with Crippen LogP contribution in [0.4, 0.5) is 17.8 Å². The quantitative estimate of drug-likeness (QED) is 0.258. The van der Waals surface area contributed by atoms with Crippen molar-refractivity contribution in [2.24, 2.45) is 5.92 Å². The van der Waals surface area contributed by atoms with E-state index in [4.69, 9.17) is 19.4 Å². The van der Waals surface area contributed by atoms with Gasteiger partial charge in [-0.1, -0.05) is 56.7 Å². The number of benzene rings is 1. The third-order valence-corrected chi connectivity index (χ3v) is 7.80. The summed E-state index contributed by atoms with van der Waals surface area (Å²) in [6.45, 7) is 3.87. The van der Waals surface area contributed by atoms with Crippen molar-refractivity contribution < 1.29 is 14.3 Å². The van der Waals surface area contributed by atoms with Crippen LogP contribution in [0, 0.1) is 5.92 Å². The Morgan fingerprint density at radius 3 is 2.12 bits per heavy atom. The van der Waals surface area contributed by atoms with Crippen molar-refractivity contribution in [1.29, 1.82) is 0 Å². The molecule has 220 valence electrons. The maximum Gasteiger partial charge on any atom is 0.251 e. The lowest BCUT2D eigenvalue weighted by atomic mass is 9.89. The summed E-state index contributed by atoms with van der Waals surface area (Å²) in [4.78, 5) is 28.4. The topological polar surface area (TPSA) is 114 Å². The van der Waals surface area contributed by atoms with Gasteiger partial charge in [-0.25, -0.2) is 0 Å². The lowest BCUT2D eigenvalue weighted by molar-refractivity contribution is 0.0519. The van der Waals surface area contributed by atoms with Gasteiger partial charge in [0.15, 0.2) is 0 Å². The molecule has 10 nitrogen and oxygen atoms in total. The van der Waals surface area contributed by atoms with Gasteiger partial charge in [0.05, 0.1) is 26.4 Å². The van der Waals surface area contributed by atoms with Crippen LogP contribution >= 0.6 is 0 Å². The summed E-state index contributed by atoms with van der Waals surface area (Å²) in [7, 11) is 2.11. The minimum Gasteiger partial charge on any atom is -0.377 e. The van der Waals surface area contributed by atoms with E-state index >= 15 is 0 Å². The first-order chi connectivity index (χ1) is 19.7. The average molecular weight is 554 g/mol. The molecule has 0 atom stereocenters. The lowest BCUT2D eigenvalue weighted by Gasteiger charge is -2.31. The molecular weight excluding hydrogens is 506 g/mol. The highest BCUT2D eigenvalue weighted by molar-refractivity contribution is 5.94. The average Bonchev–Trinajstić information content (AvgIpc) is 3.01. The third kappa shape index (κ3) is 10.2. The maximum atomic E-state index is 12.0. The number of aromatic nitrogens is 3. The van der Waals surface area contributed by atoms with Crippen molar-refractivity contribution in [2.75, 3.05) is 68.6 Å². The molecule has 0 unspecified atom stereocenters. The molecule has 0 aliphatic heterocycles. The molecule has 0 saturated heterocycles. The van der Waals surface area contributed by atoms with Gasteiger partial charge in [0, 0.05) is 38.3 Å². The summed E-state index contributed by atoms with van der Waals surface area (Å²) in [5.41, 5.74) is 0.649. The van der Waals surface area contributed by atoms with Crippen LogP contribution in [-0.2, 0) is 9.47 Å². The number of carbonyl (C=O) groups is 1. The van der Waals surface area contributed by atoms with E-state index in [9.17, 15) is 4.79 Å². The second kappa shape index (κ2) is 17.0. The Morgan fingerprint density at radius 1 is 0.800 bits per heavy atom. The van der Waals surface area contributed by atoms with E-state index in [0.717, 1.165) is 12.5 Å². The largest absolute Gasteiger partial charge is 0.377 e. The van der Waals surface area contributed by atoms with Gasteiger partial charge in [-0.05, 0) is 43.7 Å². The Bertz CT molecular complexity index is 998. The molecule has 0 bridgehead atoms. The van der Waals surface area contributed by atoms with Crippen LogP contribution in [0.1, 0.15) is 74.6 Å². The predicted molar refractivity (Wildman–Crippen MR) is 159 cm³/mol. The Labute approximate surface area is 239 Å². The molecule has 1 amide bonds. The van der Waals surface area contributed by atoms with E-state index in [-0.39, 0.29) is 5.91 Å². The van der Waals surface area contributed by atoms with Crippen LogP contribution in [-0.4, -0.2) is 80.0 Å². The first-order valence-electron chi connectivity index (χ1n) is 15.1. The second-order valence-electron chi connectivity index (χ2n) is 10.8. The van der Waals surface area contributed by atoms with Gasteiger partial charge in [0.25, 0.3) is 5.91 Å². The van der Waals surface area contributed by atoms with E-state index < -0.39 is 0 Å². The van der Waals surface area contributed by atoms with Gasteiger partial charge in [0.2, 0.25) is 17.8 Å². The van der Waals surface area contributed by atoms with Gasteiger partial charge >= 0.3 is 0 Å². The summed E-state index contributed by atoms with van der Waals surface area (Å²) < 4.78 is 11.3. The highest BCUT2D eigenvalue weighted by Gasteiger charge is 2.22. The van der Waals surface area contributed by atoms with E-state index in [1.807, 2.05) is 18.2 Å². The SMILES string of the molecule is CN(c1nc(NCCOCCOCCNC(=O)c2ccccc2)nc(NCC2CCCCC2)n1)C1CCCCC1. The molecule has 1 aromatic heterocycles. The molecule has 2 aliphatic rings. The van der Waals surface area contributed by atoms with E-state index in [1.54, 1.807) is 12.1 Å². The molecule has 1 heterocycles. The van der Waals surface area contributed by atoms with Gasteiger partial charge < -0.3 is 30.3 Å². The van der Waals surface area contributed by atoms with Crippen LogP contribution in [0.2, 0.25) is 0 Å². The predicted octanol–water partition coefficient (Wildman–Crippen LogP) is 4.51. The lowest BCUT2D eigenvalue weighted by Crippen LogP contribution is -2.35. The number of carbonyl (C=O) groups excluding carboxylic acids is 1. The van der Waals surface area contributed by atoms with Crippen molar-refractivity contribution >= 4 is 23.8 Å². The molecule has 2 aromatic rings. The zero-order valence-corrected chi connectivity index (χ0v) is 24.1. The fourth-order valence-electron chi connectivity index (χ4n) is 5.42. The Hall–Kier alpha value is -2.98. The molecule has 1 aromatic carbocycles. The molecule has 2 aliphatic carbocycles. The Kier molecular flexibility index (Phi) is 12.7. The number of nitrogens with one attached hydrogen (secondary N) is 3. The van der Waals surface area contributed by atoms with Gasteiger partial charge in [-0.3, -0.25) is 4.79 Å². The molecule has 2 saturated carbocycles. The number of hydrogen-bond acceptors (Lipinski definition) is 9. The molecule has 3 N–H and O–H groups in total. The third-order valence-electron chi connectivity index (χ3n) is 7.80. The van der Waals surface area contributed by atoms with Crippen molar-refractivity contribution in [1.82, 2.24) is 20.3 Å². The normalized spacial score (nSPS) is 16.4. The van der Waals surface area contributed by atoms with Crippen molar-refractivity contribution in [3.8, 4) is 0 Å². The van der Waals surface area contributed by atoms with Crippen LogP contribution in [0.25, 0.3) is 0 Å². The zero-order chi connectivity index (χ0) is 27.8. The first-order valence-corrected chi connectivity index (χ1v) is 15.1. The monoisotopic (exact) mass is 553 g/mol. The summed E-state index contributed by atoms with van der Waals surface area (Å²) in [5, 5.41) is 9.67. The van der Waals surface area contributed by atoms with Crippen LogP contribution < -0.4 is 20.9 Å². The smallest absolute Gasteiger partial charge is 0.251 e. The molecule has 4 rings (SSSR count). The van der Waals surface area contributed by atoms with Crippen LogP contribution in [0.15, 0.2) is 30.3 Å². The van der Waals surface area contributed by atoms with Crippen molar-refractivity contribution in [2.45, 2.75) is 70.3 Å². The van der Waals surface area contributed by atoms with Gasteiger partial charge in [-0.2, -0.15) is 15.0 Å². The first kappa shape index (κ1) is 30.0. The van der Waals surface area contributed by atoms with Crippen molar-refractivity contribution in [3.05, 3.63) is 35.9 Å². The molecule has 2 fully saturated rings. The second-order valence-corrected chi connectivity index (χ2v) is 10.8. The standard InChI is InChI=1S/C30H47N7O3/c1-37(26-15-9-4-10-16-26)30-35-28(34-29(36-30)33-23-24-11-5-2-6-12-24)32-18-20-40-22-21-39-19-17-31-27(38)25-13-7-3-8-14-25/h3,7-8,13-14,24,26H,2,4-6,9-12,15-23H2,1H3,(H,31,38)(H2,32,33,34,35,36). The van der Waals surface area contributed by atoms with E-state index in [1.165, 1.54) is 64.2 Å². The summed E-state index contributed by atoms with van der Waals surface area (Å²) >= 11 is 0. The minimum absolute atomic E-state index is 0.0923. The highest BCUT2D eigenvalue weighted by atomic mass is 16.5. The minimum atomic E-state index is -0.0923. The van der Waals surface area contributed by atoms with Crippen LogP contribution in [0.3, 0.4) is 0 Å². The molecule has 0 spiro atoms. The zero-order valence-electron chi connectivity index (χ0n) is 24.1. The number of nitrogens with zero attached hydrogens (tertiary/aromatic N) is 4. The molecular formula is C30H47N7O3. The highest BCUT2D eigenvalue weighted by Crippen LogP contribution is 2.26. The molecule has 40 heavy (non-hydrogen) atoms. The van der Waals surface area contributed by atoms with Gasteiger partial charge in [-0.15, -0.1) is 0 Å². The van der Waals surface area contributed by atoms with E-state index in [2.05, 4.69) is 32.9 Å². The molecule has 10 heteroatoms.